The van der Waals surface area contributed by atoms with Crippen molar-refractivity contribution >= 4 is 27.6 Å². The maximum absolute atomic E-state index is 12.6. The highest BCUT2D eigenvalue weighted by molar-refractivity contribution is 7.89. The molecule has 0 radical (unpaired) electrons. The smallest absolute Gasteiger partial charge is 0.319 e. The van der Waals surface area contributed by atoms with Gasteiger partial charge in [-0.2, -0.15) is 0 Å². The Kier molecular flexibility index (Phi) is 6.50. The van der Waals surface area contributed by atoms with E-state index in [1.807, 2.05) is 30.3 Å². The minimum Gasteiger partial charge on any atom is -0.340 e. The Labute approximate surface area is 170 Å². The van der Waals surface area contributed by atoms with Crippen molar-refractivity contribution in [2.75, 3.05) is 25.5 Å². The lowest BCUT2D eigenvalue weighted by Gasteiger charge is -2.25. The van der Waals surface area contributed by atoms with Gasteiger partial charge < -0.3 is 15.5 Å². The minimum absolute atomic E-state index is 0.0556. The summed E-state index contributed by atoms with van der Waals surface area (Å²) in [4.78, 5) is 26.4. The second kappa shape index (κ2) is 9.06. The van der Waals surface area contributed by atoms with Gasteiger partial charge in [0.25, 0.3) is 0 Å². The van der Waals surface area contributed by atoms with E-state index in [2.05, 4.69) is 15.4 Å². The predicted octanol–water partition coefficient (Wildman–Crippen LogP) is 2.08. The fourth-order valence-corrected chi connectivity index (χ4v) is 4.00. The number of likely N-dealkylation sites (tertiary alicyclic amines) is 1. The molecule has 0 aromatic heterocycles. The molecule has 2 aromatic rings. The average molecular weight is 417 g/mol. The summed E-state index contributed by atoms with van der Waals surface area (Å²) in [5.41, 5.74) is 1.23. The number of hydrogen-bond donors (Lipinski definition) is 3. The zero-order chi connectivity index (χ0) is 20.9. The van der Waals surface area contributed by atoms with Crippen LogP contribution < -0.4 is 15.4 Å². The second-order valence-electron chi connectivity index (χ2n) is 6.74. The topological polar surface area (TPSA) is 108 Å². The quantitative estimate of drug-likeness (QED) is 0.642. The van der Waals surface area contributed by atoms with E-state index >= 15 is 0 Å². The number of urea groups is 1. The number of benzene rings is 2. The number of anilines is 1. The van der Waals surface area contributed by atoms with Gasteiger partial charge in [0.05, 0.1) is 10.9 Å². The number of rotatable bonds is 7. The van der Waals surface area contributed by atoms with Crippen LogP contribution >= 0.6 is 0 Å². The Balaban J connectivity index is 1.73. The van der Waals surface area contributed by atoms with Crippen molar-refractivity contribution in [3.63, 3.8) is 0 Å². The van der Waals surface area contributed by atoms with Crippen LogP contribution in [0.5, 0.6) is 0 Å². The third kappa shape index (κ3) is 5.33. The lowest BCUT2D eigenvalue weighted by molar-refractivity contribution is -0.128. The van der Waals surface area contributed by atoms with Gasteiger partial charge in [0.2, 0.25) is 15.9 Å². The number of nitrogens with one attached hydrogen (secondary N) is 3. The van der Waals surface area contributed by atoms with Gasteiger partial charge in [-0.3, -0.25) is 4.79 Å². The van der Waals surface area contributed by atoms with Crippen molar-refractivity contribution in [3.05, 3.63) is 60.2 Å². The average Bonchev–Trinajstić information content (AvgIpc) is 3.13. The first kappa shape index (κ1) is 20.8. The van der Waals surface area contributed by atoms with E-state index < -0.39 is 16.1 Å². The van der Waals surface area contributed by atoms with Crippen LogP contribution in [0.2, 0.25) is 0 Å². The summed E-state index contributed by atoms with van der Waals surface area (Å²) in [6.45, 7) is 1.06. The maximum atomic E-state index is 12.6. The summed E-state index contributed by atoms with van der Waals surface area (Å²) in [5.74, 6) is 0.0816. The highest BCUT2D eigenvalue weighted by atomic mass is 32.2. The number of hydrogen-bond acceptors (Lipinski definition) is 4. The van der Waals surface area contributed by atoms with Gasteiger partial charge in [0.1, 0.15) is 0 Å². The number of sulfonamides is 1. The molecule has 3 amide bonds. The molecule has 0 spiro atoms. The first-order chi connectivity index (χ1) is 13.9. The number of amides is 3. The molecule has 0 saturated carbocycles. The molecule has 1 aliphatic heterocycles. The molecular weight excluding hydrogens is 392 g/mol. The molecule has 0 aliphatic carbocycles. The number of carbonyl (C=O) groups excluding carboxylic acids is 2. The molecule has 1 fully saturated rings. The fraction of sp³-hybridized carbons (Fsp3) is 0.300. The molecule has 154 valence electrons. The van der Waals surface area contributed by atoms with Gasteiger partial charge in [-0.1, -0.05) is 36.4 Å². The van der Waals surface area contributed by atoms with Crippen molar-refractivity contribution < 1.29 is 18.0 Å². The van der Waals surface area contributed by atoms with E-state index in [0.29, 0.717) is 25.2 Å². The first-order valence-corrected chi connectivity index (χ1v) is 10.8. The molecule has 3 N–H and O–H groups in total. The zero-order valence-electron chi connectivity index (χ0n) is 16.1. The highest BCUT2D eigenvalue weighted by Crippen LogP contribution is 2.19. The molecule has 1 atom stereocenters. The van der Waals surface area contributed by atoms with E-state index in [1.165, 1.54) is 19.2 Å². The molecule has 2 aromatic carbocycles. The molecule has 1 saturated heterocycles. The zero-order valence-corrected chi connectivity index (χ0v) is 16.9. The number of carbonyl (C=O) groups is 2. The molecule has 0 bridgehead atoms. The molecule has 8 nitrogen and oxygen atoms in total. The van der Waals surface area contributed by atoms with E-state index in [1.54, 1.807) is 17.0 Å². The highest BCUT2D eigenvalue weighted by Gasteiger charge is 2.25. The Bertz CT molecular complexity index is 979. The van der Waals surface area contributed by atoms with Crippen LogP contribution in [0.3, 0.4) is 0 Å². The lowest BCUT2D eigenvalue weighted by atomic mass is 10.1. The van der Waals surface area contributed by atoms with Gasteiger partial charge in [-0.25, -0.2) is 17.9 Å². The third-order valence-electron chi connectivity index (χ3n) is 4.75. The van der Waals surface area contributed by atoms with Crippen molar-refractivity contribution in [3.8, 4) is 0 Å². The lowest BCUT2D eigenvalue weighted by Crippen LogP contribution is -2.40. The summed E-state index contributed by atoms with van der Waals surface area (Å²) in [6.07, 6.45) is 1.35. The van der Waals surface area contributed by atoms with Crippen molar-refractivity contribution in [1.29, 1.82) is 0 Å². The van der Waals surface area contributed by atoms with Gasteiger partial charge in [0.15, 0.2) is 0 Å². The summed E-state index contributed by atoms with van der Waals surface area (Å²) in [5, 5.41) is 5.56. The van der Waals surface area contributed by atoms with Crippen LogP contribution in [0.15, 0.2) is 59.5 Å². The van der Waals surface area contributed by atoms with Crippen LogP contribution in [-0.2, 0) is 14.8 Å². The molecule has 9 heteroatoms. The van der Waals surface area contributed by atoms with Crippen molar-refractivity contribution in [2.24, 2.45) is 0 Å². The van der Waals surface area contributed by atoms with Crippen LogP contribution in [0.1, 0.15) is 24.4 Å². The van der Waals surface area contributed by atoms with Crippen molar-refractivity contribution in [2.45, 2.75) is 23.8 Å². The maximum Gasteiger partial charge on any atom is 0.319 e. The van der Waals surface area contributed by atoms with E-state index in [4.69, 9.17) is 0 Å². The molecule has 3 rings (SSSR count). The Morgan fingerprint density at radius 1 is 1.14 bits per heavy atom. The minimum atomic E-state index is -3.61. The molecule has 1 heterocycles. The van der Waals surface area contributed by atoms with E-state index in [0.717, 1.165) is 12.0 Å². The predicted molar refractivity (Wildman–Crippen MR) is 110 cm³/mol. The summed E-state index contributed by atoms with van der Waals surface area (Å²) in [7, 11) is -2.28. The van der Waals surface area contributed by atoms with Gasteiger partial charge in [-0.15, -0.1) is 0 Å². The summed E-state index contributed by atoms with van der Waals surface area (Å²) < 4.78 is 26.1. The van der Waals surface area contributed by atoms with E-state index in [9.17, 15) is 18.0 Å². The Hall–Kier alpha value is -2.91. The van der Waals surface area contributed by atoms with Gasteiger partial charge >= 0.3 is 6.03 Å². The van der Waals surface area contributed by atoms with Crippen LogP contribution in [0.25, 0.3) is 0 Å². The Morgan fingerprint density at radius 2 is 1.90 bits per heavy atom. The monoisotopic (exact) mass is 416 g/mol. The SMILES string of the molecule is CNS(=O)(=O)c1cccc(NC(=O)NC(CN2CCCC2=O)c2ccccc2)c1. The second-order valence-corrected chi connectivity index (χ2v) is 8.63. The van der Waals surface area contributed by atoms with E-state index in [-0.39, 0.29) is 16.8 Å². The van der Waals surface area contributed by atoms with Crippen molar-refractivity contribution in [1.82, 2.24) is 14.9 Å². The van der Waals surface area contributed by atoms with Gasteiger partial charge in [-0.05, 0) is 37.2 Å². The molecule has 1 aliphatic rings. The van der Waals surface area contributed by atoms with Crippen LogP contribution in [-0.4, -0.2) is 45.4 Å². The number of nitrogens with zero attached hydrogens (tertiary/aromatic N) is 1. The van der Waals surface area contributed by atoms with Crippen LogP contribution in [0, 0.1) is 0 Å². The fourth-order valence-electron chi connectivity index (χ4n) is 3.22. The molecule has 1 unspecified atom stereocenters. The third-order valence-corrected chi connectivity index (χ3v) is 6.16. The normalized spacial score (nSPS) is 15.2. The molecular formula is C20H24N4O4S. The van der Waals surface area contributed by atoms with Gasteiger partial charge in [0, 0.05) is 25.2 Å². The standard InChI is InChI=1S/C20H24N4O4S/c1-21-29(27,28)17-10-5-9-16(13-17)22-20(26)23-18(15-7-3-2-4-8-15)14-24-12-6-11-19(24)25/h2-5,7-10,13,18,21H,6,11-12,14H2,1H3,(H2,22,23,26). The first-order valence-electron chi connectivity index (χ1n) is 9.33. The van der Waals surface area contributed by atoms with Crippen LogP contribution in [0.4, 0.5) is 10.5 Å². The molecule has 29 heavy (non-hydrogen) atoms. The largest absolute Gasteiger partial charge is 0.340 e. The Morgan fingerprint density at radius 3 is 2.55 bits per heavy atom. The summed E-state index contributed by atoms with van der Waals surface area (Å²) >= 11 is 0. The summed E-state index contributed by atoms with van der Waals surface area (Å²) in [6, 6.07) is 14.5.